The highest BCUT2D eigenvalue weighted by Crippen LogP contribution is 2.31. The topological polar surface area (TPSA) is 125 Å². The zero-order chi connectivity index (χ0) is 27.3. The van der Waals surface area contributed by atoms with E-state index >= 15 is 0 Å². The van der Waals surface area contributed by atoms with Crippen molar-refractivity contribution in [3.8, 4) is 5.75 Å². The summed E-state index contributed by atoms with van der Waals surface area (Å²) in [5.74, 6) is -0.524. The Hall–Kier alpha value is -5.44. The van der Waals surface area contributed by atoms with E-state index < -0.39 is 17.2 Å². The second-order valence-electron chi connectivity index (χ2n) is 9.14. The summed E-state index contributed by atoms with van der Waals surface area (Å²) in [6.45, 7) is 3.64. The summed E-state index contributed by atoms with van der Waals surface area (Å²) < 4.78 is 10.7. The molecular weight excluding hydrogens is 498 g/mol. The molecular formula is C30H21N3O6. The third kappa shape index (κ3) is 4.15. The first-order chi connectivity index (χ1) is 18.8. The molecule has 3 aromatic carbocycles. The van der Waals surface area contributed by atoms with Crippen molar-refractivity contribution in [1.29, 1.82) is 0 Å². The number of carbonyl (C=O) groups is 1. The zero-order valence-corrected chi connectivity index (χ0v) is 20.9. The predicted octanol–water partition coefficient (Wildman–Crippen LogP) is 4.56. The lowest BCUT2D eigenvalue weighted by atomic mass is 10.1. The number of amidine groups is 1. The van der Waals surface area contributed by atoms with E-state index in [0.717, 1.165) is 11.1 Å². The van der Waals surface area contributed by atoms with Crippen LogP contribution in [0.1, 0.15) is 22.3 Å². The van der Waals surface area contributed by atoms with Crippen LogP contribution in [0.2, 0.25) is 0 Å². The van der Waals surface area contributed by atoms with Crippen molar-refractivity contribution in [2.24, 2.45) is 4.99 Å². The molecule has 39 heavy (non-hydrogen) atoms. The maximum Gasteiger partial charge on any atom is 0.347 e. The van der Waals surface area contributed by atoms with E-state index in [2.05, 4.69) is 10.4 Å². The van der Waals surface area contributed by atoms with Gasteiger partial charge in [-0.05, 0) is 55.3 Å². The largest absolute Gasteiger partial charge is 0.506 e. The lowest BCUT2D eigenvalue weighted by molar-refractivity contribution is -0.117. The fourth-order valence-electron chi connectivity index (χ4n) is 4.59. The fraction of sp³-hybridized carbons (Fsp3) is 0.0667. The average molecular weight is 520 g/mol. The number of aryl methyl sites for hydroxylation is 2. The molecule has 2 N–H and O–H groups in total. The van der Waals surface area contributed by atoms with Gasteiger partial charge in [-0.1, -0.05) is 42.5 Å². The molecule has 5 aromatic rings. The molecule has 0 spiro atoms. The number of nitrogens with zero attached hydrogens (tertiary/aromatic N) is 2. The van der Waals surface area contributed by atoms with Gasteiger partial charge < -0.3 is 13.9 Å². The lowest BCUT2D eigenvalue weighted by Gasteiger charge is -2.31. The molecule has 0 fully saturated rings. The van der Waals surface area contributed by atoms with Crippen LogP contribution in [-0.2, 0) is 4.79 Å². The van der Waals surface area contributed by atoms with Crippen molar-refractivity contribution < 1.29 is 18.7 Å². The summed E-state index contributed by atoms with van der Waals surface area (Å²) in [4.78, 5) is 42.5. The Morgan fingerprint density at radius 3 is 2.38 bits per heavy atom. The number of hydrogen-bond donors (Lipinski definition) is 2. The van der Waals surface area contributed by atoms with Crippen LogP contribution in [0.4, 0.5) is 5.69 Å². The Kier molecular flexibility index (Phi) is 5.61. The molecule has 0 radical (unpaired) electrons. The number of hydrazine groups is 1. The molecule has 0 saturated carbocycles. The van der Waals surface area contributed by atoms with Crippen LogP contribution in [0.15, 0.2) is 102 Å². The molecule has 0 bridgehead atoms. The van der Waals surface area contributed by atoms with E-state index in [1.54, 1.807) is 35.3 Å². The number of anilines is 1. The molecule has 1 aliphatic heterocycles. The third-order valence-electron chi connectivity index (χ3n) is 6.53. The second-order valence-corrected chi connectivity index (χ2v) is 9.14. The molecule has 2 aromatic heterocycles. The second kappa shape index (κ2) is 9.14. The summed E-state index contributed by atoms with van der Waals surface area (Å²) in [6, 6.07) is 20.7. The average Bonchev–Trinajstić information content (AvgIpc) is 2.91. The Bertz CT molecular complexity index is 1990. The molecule has 192 valence electrons. The van der Waals surface area contributed by atoms with Crippen molar-refractivity contribution in [1.82, 2.24) is 5.43 Å². The van der Waals surface area contributed by atoms with Crippen molar-refractivity contribution in [2.75, 3.05) is 5.01 Å². The highest BCUT2D eigenvalue weighted by molar-refractivity contribution is 6.18. The third-order valence-corrected chi connectivity index (χ3v) is 6.53. The highest BCUT2D eigenvalue weighted by Gasteiger charge is 2.29. The highest BCUT2D eigenvalue weighted by atomic mass is 16.4. The number of para-hydroxylation sites is 1. The van der Waals surface area contributed by atoms with Crippen LogP contribution in [0.3, 0.4) is 0 Å². The van der Waals surface area contributed by atoms with Crippen LogP contribution in [0.5, 0.6) is 5.75 Å². The summed E-state index contributed by atoms with van der Waals surface area (Å²) in [7, 11) is 0. The van der Waals surface area contributed by atoms with Gasteiger partial charge in [0.2, 0.25) is 0 Å². The molecule has 0 atom stereocenters. The Labute approximate surface area is 220 Å². The number of nitrogens with one attached hydrogen (secondary N) is 1. The minimum atomic E-state index is -0.798. The Balaban J connectivity index is 1.55. The molecule has 9 nitrogen and oxygen atoms in total. The van der Waals surface area contributed by atoms with Gasteiger partial charge in [0.25, 0.3) is 5.91 Å². The van der Waals surface area contributed by atoms with Gasteiger partial charge in [0.1, 0.15) is 28.2 Å². The van der Waals surface area contributed by atoms with Crippen LogP contribution < -0.4 is 21.7 Å². The lowest BCUT2D eigenvalue weighted by Crippen LogP contribution is -2.51. The molecule has 0 aliphatic carbocycles. The van der Waals surface area contributed by atoms with Crippen molar-refractivity contribution in [3.63, 3.8) is 0 Å². The van der Waals surface area contributed by atoms with Gasteiger partial charge in [0.05, 0.1) is 11.1 Å². The van der Waals surface area contributed by atoms with E-state index in [9.17, 15) is 19.5 Å². The maximum absolute atomic E-state index is 13.3. The van der Waals surface area contributed by atoms with Crippen LogP contribution in [-0.4, -0.2) is 16.8 Å². The standard InChI is InChI=1S/C30H21N3O6/c1-16-13-26(34)38-25-12-17(2)23(15-20(16)25)33-28(18-8-4-3-5-9-18)31-22(29(36)32-33)14-21-27(35)19-10-6-7-11-24(19)39-30(21)37/h3-15,35H,1-2H3,(H,32,36)/b22-14+. The molecule has 6 rings (SSSR count). The number of aliphatic imine (C=N–C) groups is 1. The summed E-state index contributed by atoms with van der Waals surface area (Å²) in [5.41, 5.74) is 4.74. The molecule has 0 saturated heterocycles. The van der Waals surface area contributed by atoms with E-state index in [1.165, 1.54) is 12.1 Å². The number of aromatic hydroxyl groups is 1. The minimum Gasteiger partial charge on any atom is -0.506 e. The maximum atomic E-state index is 13.3. The van der Waals surface area contributed by atoms with Gasteiger partial charge in [-0.15, -0.1) is 0 Å². The monoisotopic (exact) mass is 519 g/mol. The Morgan fingerprint density at radius 2 is 1.59 bits per heavy atom. The van der Waals surface area contributed by atoms with E-state index in [1.807, 2.05) is 50.2 Å². The SMILES string of the molecule is Cc1cc2oc(=O)cc(C)c2cc1N1NC(=O)/C(=C\c2c(O)c3ccccc3oc2=O)N=C1c1ccccc1. The van der Waals surface area contributed by atoms with E-state index in [-0.39, 0.29) is 22.6 Å². The summed E-state index contributed by atoms with van der Waals surface area (Å²) >= 11 is 0. The number of benzene rings is 3. The van der Waals surface area contributed by atoms with Gasteiger partial charge >= 0.3 is 11.3 Å². The van der Waals surface area contributed by atoms with Gasteiger partial charge in [-0.2, -0.15) is 0 Å². The van der Waals surface area contributed by atoms with Crippen molar-refractivity contribution >= 4 is 45.4 Å². The molecule has 1 amide bonds. The van der Waals surface area contributed by atoms with Gasteiger partial charge in [-0.3, -0.25) is 10.2 Å². The van der Waals surface area contributed by atoms with Gasteiger partial charge in [0, 0.05) is 17.0 Å². The number of hydrogen-bond acceptors (Lipinski definition) is 8. The molecule has 9 heteroatoms. The first-order valence-corrected chi connectivity index (χ1v) is 12.1. The number of amides is 1. The first-order valence-electron chi connectivity index (χ1n) is 12.1. The quantitative estimate of drug-likeness (QED) is 0.264. The fourth-order valence-corrected chi connectivity index (χ4v) is 4.59. The number of fused-ring (bicyclic) bond motifs is 2. The normalized spacial score (nSPS) is 14.6. The van der Waals surface area contributed by atoms with Crippen LogP contribution in [0, 0.1) is 13.8 Å². The van der Waals surface area contributed by atoms with E-state index in [0.29, 0.717) is 33.4 Å². The van der Waals surface area contributed by atoms with Gasteiger partial charge in [0.15, 0.2) is 5.84 Å². The predicted molar refractivity (Wildman–Crippen MR) is 148 cm³/mol. The van der Waals surface area contributed by atoms with Crippen molar-refractivity contribution in [2.45, 2.75) is 13.8 Å². The van der Waals surface area contributed by atoms with Crippen LogP contribution >= 0.6 is 0 Å². The minimum absolute atomic E-state index is 0.0939. The summed E-state index contributed by atoms with van der Waals surface area (Å²) in [6.07, 6.45) is 1.22. The first kappa shape index (κ1) is 23.9. The smallest absolute Gasteiger partial charge is 0.347 e. The van der Waals surface area contributed by atoms with Crippen LogP contribution in [0.25, 0.3) is 28.0 Å². The van der Waals surface area contributed by atoms with E-state index in [4.69, 9.17) is 8.83 Å². The molecule has 1 aliphatic rings. The number of rotatable bonds is 3. The molecule has 0 unspecified atom stereocenters. The van der Waals surface area contributed by atoms with Crippen molar-refractivity contribution in [3.05, 3.63) is 122 Å². The van der Waals surface area contributed by atoms with Gasteiger partial charge in [-0.25, -0.2) is 19.6 Å². The summed E-state index contributed by atoms with van der Waals surface area (Å²) in [5, 5.41) is 13.4. The zero-order valence-electron chi connectivity index (χ0n) is 20.9. The number of carbonyl (C=O) groups excluding carboxylic acids is 1. The Morgan fingerprint density at radius 1 is 0.846 bits per heavy atom. The molecule has 3 heterocycles.